The molecule has 0 amide bonds. The van der Waals surface area contributed by atoms with Gasteiger partial charge in [0, 0.05) is 35.1 Å². The Kier molecular flexibility index (Phi) is 8.76. The molecule has 2 heterocycles. The molecule has 0 bridgehead atoms. The summed E-state index contributed by atoms with van der Waals surface area (Å²) >= 11 is 0. The minimum Gasteiger partial charge on any atom is -0.391 e. The molecule has 0 radical (unpaired) electrons. The maximum atomic E-state index is 3.51. The topological polar surface area (TPSA) is 18.5 Å². The summed E-state index contributed by atoms with van der Waals surface area (Å²) in [7, 11) is 0. The van der Waals surface area contributed by atoms with Gasteiger partial charge in [0.15, 0.2) is 0 Å². The fraction of sp³-hybridized carbons (Fsp3) is 0.500. The Morgan fingerprint density at radius 2 is 1.65 bits per heavy atom. The summed E-state index contributed by atoms with van der Waals surface area (Å²) in [5.41, 5.74) is 14.0. The normalized spacial score (nSPS) is 37.0. The quantitative estimate of drug-likeness (QED) is 0.275. The summed E-state index contributed by atoms with van der Waals surface area (Å²) in [5, 5.41) is 3.51. The molecule has 55 heavy (non-hydrogen) atoms. The summed E-state index contributed by atoms with van der Waals surface area (Å²) in [6.45, 7) is 11.3. The standard InChI is InChI=1S/C52H63N3/c1-50(2)47-33-43(28-29-44(47)45-16-10-11-31-52(45,50)4)54(42-26-21-37(22-27-42)39-13-12-32-53-35-39)41-24-19-36(20-25-41)38-23-30-49-51(3,34-38)46-17-8-9-18-48(46)55(49)40-14-6-5-7-15-40/h6,8,11,14-15,17,19-21,23-24,26,30-31,33-35,41,43-45,49,53H,5,7,9-10,12-13,16,18,22,25,27-29,32H2,1-4H3. The summed E-state index contributed by atoms with van der Waals surface area (Å²) in [6.07, 6.45) is 57.9. The number of allylic oxidation sites excluding steroid dienone is 18. The molecule has 0 aromatic rings. The average molecular weight is 730 g/mol. The van der Waals surface area contributed by atoms with Crippen LogP contribution in [0.2, 0.25) is 0 Å². The minimum absolute atomic E-state index is 0.0395. The number of nitrogens with zero attached hydrogens (tertiary/aromatic N) is 2. The molecule has 0 spiro atoms. The van der Waals surface area contributed by atoms with Gasteiger partial charge in [-0.2, -0.15) is 0 Å². The molecule has 0 aromatic carbocycles. The molecule has 10 rings (SSSR count). The van der Waals surface area contributed by atoms with Crippen molar-refractivity contribution in [2.24, 2.45) is 28.1 Å². The van der Waals surface area contributed by atoms with E-state index in [4.69, 9.17) is 0 Å². The highest BCUT2D eigenvalue weighted by atomic mass is 15.2. The highest BCUT2D eigenvalue weighted by molar-refractivity contribution is 5.58. The van der Waals surface area contributed by atoms with Crippen LogP contribution in [0.5, 0.6) is 0 Å². The molecular formula is C52H63N3. The lowest BCUT2D eigenvalue weighted by Crippen LogP contribution is -2.43. The van der Waals surface area contributed by atoms with E-state index in [0.717, 1.165) is 63.3 Å². The first-order valence-corrected chi connectivity index (χ1v) is 22.1. The van der Waals surface area contributed by atoms with Gasteiger partial charge in [-0.25, -0.2) is 0 Å². The first kappa shape index (κ1) is 35.4. The van der Waals surface area contributed by atoms with Crippen LogP contribution in [0.15, 0.2) is 154 Å². The second-order valence-electron chi connectivity index (χ2n) is 19.1. The molecule has 0 saturated heterocycles. The van der Waals surface area contributed by atoms with Crippen LogP contribution < -0.4 is 5.32 Å². The maximum Gasteiger partial charge on any atom is 0.0652 e. The summed E-state index contributed by atoms with van der Waals surface area (Å²) < 4.78 is 0. The van der Waals surface area contributed by atoms with E-state index in [-0.39, 0.29) is 16.2 Å². The van der Waals surface area contributed by atoms with Gasteiger partial charge in [0.2, 0.25) is 0 Å². The predicted octanol–water partition coefficient (Wildman–Crippen LogP) is 12.2. The Morgan fingerprint density at radius 1 is 0.764 bits per heavy atom. The van der Waals surface area contributed by atoms with Gasteiger partial charge in [-0.15, -0.1) is 0 Å². The van der Waals surface area contributed by atoms with Gasteiger partial charge in [0.05, 0.1) is 12.1 Å². The molecule has 3 nitrogen and oxygen atoms in total. The van der Waals surface area contributed by atoms with Gasteiger partial charge in [-0.1, -0.05) is 111 Å². The molecule has 10 aliphatic rings. The van der Waals surface area contributed by atoms with Crippen LogP contribution in [0.1, 0.15) is 111 Å². The Balaban J connectivity index is 0.961. The SMILES string of the molecule is CC12C=C(C3=CCC(N(C4=CC=C(C5=CNCCC5)CC4)C4C=C5C(CC4)C4CCC=CC4(C)C5(C)C)C=C3)C=CC1N(C1=CCCC=C1)C1=C2C=CCC1. The zero-order chi connectivity index (χ0) is 37.4. The van der Waals surface area contributed by atoms with E-state index in [9.17, 15) is 0 Å². The van der Waals surface area contributed by atoms with E-state index in [2.05, 4.69) is 146 Å². The van der Waals surface area contributed by atoms with Crippen molar-refractivity contribution in [3.8, 4) is 0 Å². The summed E-state index contributed by atoms with van der Waals surface area (Å²) in [4.78, 5) is 5.56. The second kappa shape index (κ2) is 13.6. The Labute approximate surface area is 331 Å². The van der Waals surface area contributed by atoms with Crippen molar-refractivity contribution in [1.29, 1.82) is 0 Å². The lowest BCUT2D eigenvalue weighted by molar-refractivity contribution is 0.131. The lowest BCUT2D eigenvalue weighted by atomic mass is 9.62. The van der Waals surface area contributed by atoms with Crippen molar-refractivity contribution in [3.63, 3.8) is 0 Å². The molecule has 7 atom stereocenters. The van der Waals surface area contributed by atoms with Gasteiger partial charge >= 0.3 is 0 Å². The first-order valence-electron chi connectivity index (χ1n) is 22.1. The fourth-order valence-electron chi connectivity index (χ4n) is 12.8. The zero-order valence-corrected chi connectivity index (χ0v) is 34.0. The van der Waals surface area contributed by atoms with Gasteiger partial charge in [-0.3, -0.25) is 0 Å². The molecule has 2 aliphatic heterocycles. The molecule has 286 valence electrons. The number of nitrogens with one attached hydrogen (secondary N) is 1. The average Bonchev–Trinajstić information content (AvgIpc) is 3.59. The minimum atomic E-state index is -0.0395. The van der Waals surface area contributed by atoms with Crippen LogP contribution in [0, 0.1) is 28.1 Å². The monoisotopic (exact) mass is 730 g/mol. The van der Waals surface area contributed by atoms with Gasteiger partial charge in [0.1, 0.15) is 0 Å². The largest absolute Gasteiger partial charge is 0.391 e. The molecule has 7 unspecified atom stereocenters. The predicted molar refractivity (Wildman–Crippen MR) is 229 cm³/mol. The van der Waals surface area contributed by atoms with E-state index < -0.39 is 0 Å². The molecule has 1 fully saturated rings. The van der Waals surface area contributed by atoms with Crippen molar-refractivity contribution in [2.75, 3.05) is 6.54 Å². The molecular weight excluding hydrogens is 667 g/mol. The number of fused-ring (bicyclic) bond motifs is 5. The van der Waals surface area contributed by atoms with Crippen molar-refractivity contribution >= 4 is 0 Å². The van der Waals surface area contributed by atoms with Crippen molar-refractivity contribution in [1.82, 2.24) is 15.1 Å². The van der Waals surface area contributed by atoms with Crippen LogP contribution >= 0.6 is 0 Å². The highest BCUT2D eigenvalue weighted by Crippen LogP contribution is 2.67. The Hall–Kier alpha value is -3.98. The highest BCUT2D eigenvalue weighted by Gasteiger charge is 2.59. The van der Waals surface area contributed by atoms with Crippen LogP contribution in [0.3, 0.4) is 0 Å². The van der Waals surface area contributed by atoms with E-state index >= 15 is 0 Å². The molecule has 1 N–H and O–H groups in total. The first-order chi connectivity index (χ1) is 26.8. The van der Waals surface area contributed by atoms with E-state index in [0.29, 0.717) is 18.1 Å². The third kappa shape index (κ3) is 5.64. The number of hydrogen-bond donors (Lipinski definition) is 1. The van der Waals surface area contributed by atoms with Crippen molar-refractivity contribution < 1.29 is 0 Å². The maximum absolute atomic E-state index is 3.51. The van der Waals surface area contributed by atoms with Crippen LogP contribution in [-0.4, -0.2) is 34.5 Å². The molecule has 1 saturated carbocycles. The third-order valence-corrected chi connectivity index (χ3v) is 16.1. The molecule has 3 heteroatoms. The van der Waals surface area contributed by atoms with Crippen molar-refractivity contribution in [3.05, 3.63) is 154 Å². The van der Waals surface area contributed by atoms with Gasteiger partial charge in [-0.05, 0) is 159 Å². The Morgan fingerprint density at radius 3 is 2.44 bits per heavy atom. The lowest BCUT2D eigenvalue weighted by Gasteiger charge is -2.44. The fourth-order valence-corrected chi connectivity index (χ4v) is 12.8. The van der Waals surface area contributed by atoms with Gasteiger partial charge in [0.25, 0.3) is 0 Å². The van der Waals surface area contributed by atoms with Crippen LogP contribution in [0.25, 0.3) is 0 Å². The molecule has 0 aromatic heterocycles. The number of hydrogen-bond acceptors (Lipinski definition) is 3. The Bertz CT molecular complexity index is 2040. The van der Waals surface area contributed by atoms with E-state index in [1.807, 2.05) is 0 Å². The van der Waals surface area contributed by atoms with E-state index in [1.165, 1.54) is 83.5 Å². The summed E-state index contributed by atoms with van der Waals surface area (Å²) in [5.74, 6) is 1.51. The van der Waals surface area contributed by atoms with E-state index in [1.54, 1.807) is 5.57 Å². The van der Waals surface area contributed by atoms with Crippen LogP contribution in [-0.2, 0) is 0 Å². The second-order valence-corrected chi connectivity index (χ2v) is 19.1. The zero-order valence-electron chi connectivity index (χ0n) is 34.0. The number of rotatable bonds is 6. The molecule has 8 aliphatic carbocycles. The van der Waals surface area contributed by atoms with Crippen molar-refractivity contribution in [2.45, 2.75) is 129 Å². The van der Waals surface area contributed by atoms with Crippen LogP contribution in [0.4, 0.5) is 0 Å². The third-order valence-electron chi connectivity index (χ3n) is 16.1. The smallest absolute Gasteiger partial charge is 0.0652 e. The summed E-state index contributed by atoms with van der Waals surface area (Å²) in [6, 6.07) is 1.12. The van der Waals surface area contributed by atoms with Gasteiger partial charge < -0.3 is 15.1 Å².